The van der Waals surface area contributed by atoms with E-state index in [0.717, 1.165) is 0 Å². The number of esters is 1. The number of carbonyl (C=O) groups is 2. The van der Waals surface area contributed by atoms with E-state index in [1.807, 2.05) is 0 Å². The lowest BCUT2D eigenvalue weighted by Gasteiger charge is -2.29. The highest BCUT2D eigenvalue weighted by Gasteiger charge is 2.36. The third-order valence-corrected chi connectivity index (χ3v) is 5.53. The van der Waals surface area contributed by atoms with Crippen molar-refractivity contribution in [2.45, 2.75) is 32.4 Å². The van der Waals surface area contributed by atoms with Crippen molar-refractivity contribution in [3.8, 4) is 0 Å². The topological polar surface area (TPSA) is 93.6 Å². The second-order valence-corrected chi connectivity index (χ2v) is 7.67. The molecule has 126 valence electrons. The van der Waals surface area contributed by atoms with Crippen molar-refractivity contribution in [3.63, 3.8) is 0 Å². The maximum Gasteiger partial charge on any atom is 0.357 e. The van der Waals surface area contributed by atoms with Crippen LogP contribution in [0.4, 0.5) is 0 Å². The lowest BCUT2D eigenvalue weighted by molar-refractivity contribution is -0.141. The molecule has 1 aromatic heterocycles. The van der Waals surface area contributed by atoms with Gasteiger partial charge in [-0.15, -0.1) is 0 Å². The first-order chi connectivity index (χ1) is 10.8. The van der Waals surface area contributed by atoms with Crippen LogP contribution >= 0.6 is 0 Å². The van der Waals surface area contributed by atoms with Crippen LogP contribution in [0.5, 0.6) is 0 Å². The van der Waals surface area contributed by atoms with E-state index in [-0.39, 0.29) is 29.1 Å². The largest absolute Gasteiger partial charge is 0.448 e. The summed E-state index contributed by atoms with van der Waals surface area (Å²) in [6, 6.07) is 4.47. The summed E-state index contributed by atoms with van der Waals surface area (Å²) in [5.74, 6) is -1.02. The van der Waals surface area contributed by atoms with Gasteiger partial charge in [-0.25, -0.2) is 18.2 Å². The van der Waals surface area contributed by atoms with E-state index in [4.69, 9.17) is 4.74 Å². The van der Waals surface area contributed by atoms with Crippen LogP contribution in [0, 0.1) is 0 Å². The van der Waals surface area contributed by atoms with E-state index in [1.165, 1.54) is 24.1 Å². The van der Waals surface area contributed by atoms with Crippen LogP contribution in [0.25, 0.3) is 0 Å². The predicted molar refractivity (Wildman–Crippen MR) is 83.6 cm³/mol. The van der Waals surface area contributed by atoms with Gasteiger partial charge in [-0.1, -0.05) is 6.07 Å². The summed E-state index contributed by atoms with van der Waals surface area (Å²) in [6.45, 7) is 3.62. The summed E-state index contributed by atoms with van der Waals surface area (Å²) < 4.78 is 28.3. The number of sulfone groups is 1. The second-order valence-electron chi connectivity index (χ2n) is 5.44. The molecule has 1 saturated heterocycles. The van der Waals surface area contributed by atoms with E-state index in [1.54, 1.807) is 19.1 Å². The van der Waals surface area contributed by atoms with Crippen LogP contribution in [0.3, 0.4) is 0 Å². The lowest BCUT2D eigenvalue weighted by Crippen LogP contribution is -2.46. The summed E-state index contributed by atoms with van der Waals surface area (Å²) in [4.78, 5) is 29.8. The number of pyridine rings is 1. The molecular weight excluding hydrogens is 320 g/mol. The minimum Gasteiger partial charge on any atom is -0.448 e. The Morgan fingerprint density at radius 2 is 2.17 bits per heavy atom. The van der Waals surface area contributed by atoms with Crippen LogP contribution in [0.2, 0.25) is 0 Å². The number of rotatable bonds is 5. The molecule has 2 rings (SSSR count). The summed E-state index contributed by atoms with van der Waals surface area (Å²) >= 11 is 0. The van der Waals surface area contributed by atoms with Gasteiger partial charge in [-0.05, 0) is 32.4 Å². The second kappa shape index (κ2) is 7.08. The Morgan fingerprint density at radius 3 is 2.70 bits per heavy atom. The zero-order valence-corrected chi connectivity index (χ0v) is 14.0. The molecule has 0 N–H and O–H groups in total. The number of hydrogen-bond acceptors (Lipinski definition) is 6. The Bertz CT molecular complexity index is 674. The Balaban J connectivity index is 2.01. The van der Waals surface area contributed by atoms with Gasteiger partial charge < -0.3 is 9.64 Å². The number of nitrogens with zero attached hydrogens (tertiary/aromatic N) is 2. The van der Waals surface area contributed by atoms with Gasteiger partial charge in [0.25, 0.3) is 5.91 Å². The maximum atomic E-state index is 12.5. The molecule has 0 bridgehead atoms. The first-order valence-corrected chi connectivity index (χ1v) is 9.29. The molecule has 2 atom stereocenters. The minimum atomic E-state index is -3.09. The molecule has 7 nitrogen and oxygen atoms in total. The molecule has 1 aliphatic rings. The van der Waals surface area contributed by atoms with E-state index < -0.39 is 21.9 Å². The molecule has 0 saturated carbocycles. The Labute approximate surface area is 135 Å². The van der Waals surface area contributed by atoms with Crippen molar-refractivity contribution in [2.24, 2.45) is 0 Å². The molecule has 1 fully saturated rings. The Hall–Kier alpha value is -1.96. The minimum absolute atomic E-state index is 0.0342. The molecule has 1 amide bonds. The molecule has 23 heavy (non-hydrogen) atoms. The molecule has 8 heteroatoms. The summed E-state index contributed by atoms with van der Waals surface area (Å²) in [6.07, 6.45) is 0.890. The molecular formula is C15H20N2O5S. The van der Waals surface area contributed by atoms with Gasteiger partial charge in [0.05, 0.1) is 11.5 Å². The van der Waals surface area contributed by atoms with Crippen molar-refractivity contribution in [1.29, 1.82) is 0 Å². The van der Waals surface area contributed by atoms with Gasteiger partial charge in [0.1, 0.15) is 5.69 Å². The maximum absolute atomic E-state index is 12.5. The molecule has 0 aromatic carbocycles. The zero-order chi connectivity index (χ0) is 17.0. The molecule has 2 heterocycles. The molecule has 1 aromatic rings. The van der Waals surface area contributed by atoms with Crippen molar-refractivity contribution in [1.82, 2.24) is 9.88 Å². The van der Waals surface area contributed by atoms with E-state index in [2.05, 4.69) is 4.98 Å². The van der Waals surface area contributed by atoms with Crippen molar-refractivity contribution in [2.75, 3.05) is 18.1 Å². The van der Waals surface area contributed by atoms with Gasteiger partial charge in [0.2, 0.25) is 0 Å². The normalized spacial score (nSPS) is 20.7. The molecule has 0 aliphatic carbocycles. The Kier molecular flexibility index (Phi) is 5.35. The molecule has 0 spiro atoms. The predicted octanol–water partition coefficient (Wildman–Crippen LogP) is 0.663. The standard InChI is InChI=1S/C15H20N2O5S/c1-3-17(12-7-9-23(20,21)10-12)14(18)11(2)22-15(19)13-6-4-5-8-16-13/h4-6,8,11-12H,3,7,9-10H2,1-2H3/t11-,12-/m1/s1. The van der Waals surface area contributed by atoms with Crippen LogP contribution < -0.4 is 0 Å². The van der Waals surface area contributed by atoms with E-state index in [9.17, 15) is 18.0 Å². The van der Waals surface area contributed by atoms with Crippen LogP contribution in [-0.2, 0) is 19.4 Å². The monoisotopic (exact) mass is 340 g/mol. The number of ether oxygens (including phenoxy) is 1. The highest BCUT2D eigenvalue weighted by atomic mass is 32.2. The number of amides is 1. The highest BCUT2D eigenvalue weighted by Crippen LogP contribution is 2.19. The third-order valence-electron chi connectivity index (χ3n) is 3.78. The fraction of sp³-hybridized carbons (Fsp3) is 0.533. The van der Waals surface area contributed by atoms with Gasteiger partial charge in [-0.3, -0.25) is 4.79 Å². The molecule has 1 aliphatic heterocycles. The highest BCUT2D eigenvalue weighted by molar-refractivity contribution is 7.91. The van der Waals surface area contributed by atoms with Crippen LogP contribution in [0.15, 0.2) is 24.4 Å². The smallest absolute Gasteiger partial charge is 0.357 e. The van der Waals surface area contributed by atoms with Gasteiger partial charge in [0, 0.05) is 18.8 Å². The SMILES string of the molecule is CCN(C(=O)[C@@H](C)OC(=O)c1ccccn1)[C@@H]1CCS(=O)(=O)C1. The molecule has 0 radical (unpaired) electrons. The summed E-state index contributed by atoms with van der Waals surface area (Å²) in [5.41, 5.74) is 0.124. The van der Waals surface area contributed by atoms with Crippen molar-refractivity contribution in [3.05, 3.63) is 30.1 Å². The van der Waals surface area contributed by atoms with E-state index >= 15 is 0 Å². The average molecular weight is 340 g/mol. The summed E-state index contributed by atoms with van der Waals surface area (Å²) in [7, 11) is -3.09. The first-order valence-electron chi connectivity index (χ1n) is 7.47. The van der Waals surface area contributed by atoms with Gasteiger partial charge >= 0.3 is 5.97 Å². The van der Waals surface area contributed by atoms with E-state index in [0.29, 0.717) is 13.0 Å². The fourth-order valence-electron chi connectivity index (χ4n) is 2.60. The lowest BCUT2D eigenvalue weighted by atomic mass is 10.2. The zero-order valence-electron chi connectivity index (χ0n) is 13.1. The summed E-state index contributed by atoms with van der Waals surface area (Å²) in [5, 5.41) is 0. The van der Waals surface area contributed by atoms with Crippen molar-refractivity contribution < 1.29 is 22.7 Å². The van der Waals surface area contributed by atoms with Crippen molar-refractivity contribution >= 4 is 21.7 Å². The number of aromatic nitrogens is 1. The van der Waals surface area contributed by atoms with Crippen LogP contribution in [-0.4, -0.2) is 60.4 Å². The van der Waals surface area contributed by atoms with Gasteiger partial charge in [0.15, 0.2) is 15.9 Å². The third kappa shape index (κ3) is 4.28. The number of hydrogen-bond donors (Lipinski definition) is 0. The Morgan fingerprint density at radius 1 is 1.43 bits per heavy atom. The quantitative estimate of drug-likeness (QED) is 0.731. The average Bonchev–Trinajstić information content (AvgIpc) is 2.88. The number of carbonyl (C=O) groups excluding carboxylic acids is 2. The van der Waals surface area contributed by atoms with Crippen LogP contribution in [0.1, 0.15) is 30.8 Å². The molecule has 0 unspecified atom stereocenters. The fourth-order valence-corrected chi connectivity index (χ4v) is 4.33. The van der Waals surface area contributed by atoms with Gasteiger partial charge in [-0.2, -0.15) is 0 Å². The first kappa shape index (κ1) is 17.4. The number of likely N-dealkylation sites (N-methyl/N-ethyl adjacent to an activating group) is 1.